The fourth-order valence-electron chi connectivity index (χ4n) is 1.58. The summed E-state index contributed by atoms with van der Waals surface area (Å²) in [5.41, 5.74) is 0.300. The fourth-order valence-corrected chi connectivity index (χ4v) is 4.11. The van der Waals surface area contributed by atoms with Crippen molar-refractivity contribution >= 4 is 37.1 Å². The van der Waals surface area contributed by atoms with Crippen molar-refractivity contribution in [1.29, 1.82) is 0 Å². The lowest BCUT2D eigenvalue weighted by molar-refractivity contribution is 0.593. The minimum Gasteiger partial charge on any atom is -0.383 e. The van der Waals surface area contributed by atoms with E-state index >= 15 is 0 Å². The molecule has 94 valence electrons. The molecule has 1 aromatic carbocycles. The highest BCUT2D eigenvalue weighted by Crippen LogP contribution is 2.33. The molecule has 0 aromatic heterocycles. The van der Waals surface area contributed by atoms with E-state index in [-0.39, 0.29) is 27.1 Å². The molecule has 6 nitrogen and oxygen atoms in total. The van der Waals surface area contributed by atoms with Gasteiger partial charge in [-0.1, -0.05) is 11.6 Å². The van der Waals surface area contributed by atoms with Crippen molar-refractivity contribution < 1.29 is 16.8 Å². The normalized spacial score (nSPS) is 18.2. The van der Waals surface area contributed by atoms with Crippen LogP contribution >= 0.6 is 11.6 Å². The molecule has 0 aliphatic carbocycles. The average molecular weight is 297 g/mol. The summed E-state index contributed by atoms with van der Waals surface area (Å²) >= 11 is 5.74. The number of fused-ring (bicyclic) bond motifs is 1. The van der Waals surface area contributed by atoms with Crippen molar-refractivity contribution in [1.82, 2.24) is 0 Å². The van der Waals surface area contributed by atoms with Crippen LogP contribution in [0.4, 0.5) is 5.69 Å². The van der Waals surface area contributed by atoms with E-state index in [1.54, 1.807) is 0 Å². The second-order valence-electron chi connectivity index (χ2n) is 3.57. The third kappa shape index (κ3) is 2.25. The maximum atomic E-state index is 11.7. The smallest absolute Gasteiger partial charge is 0.239 e. The number of sulfone groups is 1. The molecule has 1 aliphatic rings. The fraction of sp³-hybridized carbons (Fsp3) is 0.250. The highest BCUT2D eigenvalue weighted by molar-refractivity contribution is 7.92. The summed E-state index contributed by atoms with van der Waals surface area (Å²) in [5.74, 6) is -0.0916. The Bertz CT molecular complexity index is 682. The molecular weight excluding hydrogens is 288 g/mol. The Balaban J connectivity index is 2.79. The van der Waals surface area contributed by atoms with E-state index in [1.807, 2.05) is 0 Å². The SMILES string of the molecule is NS(=O)(=O)c1cc2c(cc1Cl)NCCS2(=O)=O. The molecule has 9 heteroatoms. The number of halogens is 1. The van der Waals surface area contributed by atoms with Gasteiger partial charge in [-0.05, 0) is 12.1 Å². The minimum absolute atomic E-state index is 0.0859. The van der Waals surface area contributed by atoms with Gasteiger partial charge in [0.25, 0.3) is 0 Å². The summed E-state index contributed by atoms with van der Waals surface area (Å²) in [5, 5.41) is 7.69. The number of hydrogen-bond donors (Lipinski definition) is 2. The molecule has 0 saturated carbocycles. The summed E-state index contributed by atoms with van der Waals surface area (Å²) in [6, 6.07) is 2.25. The van der Waals surface area contributed by atoms with E-state index < -0.39 is 19.9 Å². The Morgan fingerprint density at radius 1 is 1.35 bits per heavy atom. The third-order valence-electron chi connectivity index (χ3n) is 2.36. The molecule has 0 saturated heterocycles. The predicted molar refractivity (Wildman–Crippen MR) is 63.4 cm³/mol. The molecule has 0 radical (unpaired) electrons. The summed E-state index contributed by atoms with van der Waals surface area (Å²) in [6.45, 7) is 0.264. The van der Waals surface area contributed by atoms with Crippen LogP contribution in [0.5, 0.6) is 0 Å². The van der Waals surface area contributed by atoms with E-state index in [0.717, 1.165) is 6.07 Å². The second kappa shape index (κ2) is 3.84. The third-order valence-corrected chi connectivity index (χ3v) is 5.49. The van der Waals surface area contributed by atoms with Crippen molar-refractivity contribution in [2.75, 3.05) is 17.6 Å². The summed E-state index contributed by atoms with van der Waals surface area (Å²) in [6.07, 6.45) is 0. The zero-order valence-electron chi connectivity index (χ0n) is 8.47. The lowest BCUT2D eigenvalue weighted by atomic mass is 10.3. The van der Waals surface area contributed by atoms with Crippen molar-refractivity contribution in [3.05, 3.63) is 17.2 Å². The van der Waals surface area contributed by atoms with Crippen LogP contribution in [0, 0.1) is 0 Å². The van der Waals surface area contributed by atoms with Crippen molar-refractivity contribution in [2.24, 2.45) is 5.14 Å². The van der Waals surface area contributed by atoms with Gasteiger partial charge >= 0.3 is 0 Å². The number of hydrogen-bond acceptors (Lipinski definition) is 5. The van der Waals surface area contributed by atoms with Gasteiger partial charge in [-0.3, -0.25) is 0 Å². The molecule has 0 amide bonds. The van der Waals surface area contributed by atoms with Gasteiger partial charge in [0.2, 0.25) is 10.0 Å². The topological polar surface area (TPSA) is 106 Å². The Labute approximate surface area is 104 Å². The molecule has 0 spiro atoms. The number of rotatable bonds is 1. The lowest BCUT2D eigenvalue weighted by Gasteiger charge is -2.19. The molecule has 2 rings (SSSR count). The number of sulfonamides is 1. The molecule has 3 N–H and O–H groups in total. The van der Waals surface area contributed by atoms with Gasteiger partial charge in [0, 0.05) is 6.54 Å². The lowest BCUT2D eigenvalue weighted by Crippen LogP contribution is -2.24. The Morgan fingerprint density at radius 2 is 2.00 bits per heavy atom. The number of nitrogens with one attached hydrogen (secondary N) is 1. The van der Waals surface area contributed by atoms with Crippen LogP contribution in [0.1, 0.15) is 0 Å². The monoisotopic (exact) mass is 296 g/mol. The van der Waals surface area contributed by atoms with E-state index in [0.29, 0.717) is 5.69 Å². The van der Waals surface area contributed by atoms with Crippen molar-refractivity contribution in [3.63, 3.8) is 0 Å². The van der Waals surface area contributed by atoms with E-state index in [2.05, 4.69) is 5.32 Å². The van der Waals surface area contributed by atoms with Crippen LogP contribution in [0.3, 0.4) is 0 Å². The van der Waals surface area contributed by atoms with E-state index in [4.69, 9.17) is 16.7 Å². The number of nitrogens with two attached hydrogens (primary N) is 1. The van der Waals surface area contributed by atoms with Crippen molar-refractivity contribution in [3.8, 4) is 0 Å². The molecule has 1 aliphatic heterocycles. The Kier molecular flexibility index (Phi) is 2.85. The van der Waals surface area contributed by atoms with Crippen LogP contribution in [0.25, 0.3) is 0 Å². The van der Waals surface area contributed by atoms with Crippen LogP contribution in [0.15, 0.2) is 21.9 Å². The van der Waals surface area contributed by atoms with Crippen LogP contribution < -0.4 is 10.5 Å². The summed E-state index contributed by atoms with van der Waals surface area (Å²) in [7, 11) is -7.52. The molecule has 0 fully saturated rings. The maximum absolute atomic E-state index is 11.7. The highest BCUT2D eigenvalue weighted by atomic mass is 35.5. The Morgan fingerprint density at radius 3 is 2.59 bits per heavy atom. The Hall–Kier alpha value is -0.830. The first kappa shape index (κ1) is 12.6. The van der Waals surface area contributed by atoms with Gasteiger partial charge in [0.1, 0.15) is 4.90 Å². The van der Waals surface area contributed by atoms with E-state index in [1.165, 1.54) is 6.07 Å². The molecule has 0 unspecified atom stereocenters. The second-order valence-corrected chi connectivity index (χ2v) is 7.58. The van der Waals surface area contributed by atoms with Gasteiger partial charge in [-0.2, -0.15) is 0 Å². The van der Waals surface area contributed by atoms with Gasteiger partial charge in [-0.25, -0.2) is 22.0 Å². The van der Waals surface area contributed by atoms with Crippen LogP contribution in [-0.4, -0.2) is 29.1 Å². The zero-order valence-corrected chi connectivity index (χ0v) is 10.9. The molecule has 1 aromatic rings. The number of primary sulfonamides is 1. The van der Waals surface area contributed by atoms with Crippen molar-refractivity contribution in [2.45, 2.75) is 9.79 Å². The molecular formula is C8H9ClN2O4S2. The van der Waals surface area contributed by atoms with E-state index in [9.17, 15) is 16.8 Å². The summed E-state index contributed by atoms with van der Waals surface area (Å²) < 4.78 is 45.9. The quantitative estimate of drug-likeness (QED) is 0.769. The molecule has 17 heavy (non-hydrogen) atoms. The first-order chi connectivity index (χ1) is 7.72. The van der Waals surface area contributed by atoms with Gasteiger partial charge in [-0.15, -0.1) is 0 Å². The molecule has 0 atom stereocenters. The maximum Gasteiger partial charge on any atom is 0.239 e. The predicted octanol–water partition coefficient (Wildman–Crippen LogP) is 0.187. The zero-order chi connectivity index (χ0) is 12.8. The molecule has 1 heterocycles. The first-order valence-electron chi connectivity index (χ1n) is 4.55. The number of anilines is 1. The van der Waals surface area contributed by atoms with Crippen LogP contribution in [-0.2, 0) is 19.9 Å². The van der Waals surface area contributed by atoms with Gasteiger partial charge in [0.15, 0.2) is 9.84 Å². The summed E-state index contributed by atoms with van der Waals surface area (Å²) in [4.78, 5) is -0.470. The largest absolute Gasteiger partial charge is 0.383 e. The highest BCUT2D eigenvalue weighted by Gasteiger charge is 2.27. The van der Waals surface area contributed by atoms with Crippen LogP contribution in [0.2, 0.25) is 5.02 Å². The average Bonchev–Trinajstić information content (AvgIpc) is 2.13. The van der Waals surface area contributed by atoms with Gasteiger partial charge in [0.05, 0.1) is 21.4 Å². The molecule has 0 bridgehead atoms. The first-order valence-corrected chi connectivity index (χ1v) is 8.12. The van der Waals surface area contributed by atoms with Gasteiger partial charge < -0.3 is 5.32 Å². The standard InChI is InChI=1S/C8H9ClN2O4S2/c9-5-3-6-8(4-7(5)17(10,14)15)16(12,13)2-1-11-6/h3-4,11H,1-2H2,(H2,10,14,15). The number of benzene rings is 1. The minimum atomic E-state index is -4.04.